The highest BCUT2D eigenvalue weighted by Crippen LogP contribution is 2.40. The van der Waals surface area contributed by atoms with Gasteiger partial charge in [0.25, 0.3) is 0 Å². The zero-order valence-corrected chi connectivity index (χ0v) is 15.2. The molecule has 1 N–H and O–H groups in total. The van der Waals surface area contributed by atoms with Crippen LogP contribution in [0.2, 0.25) is 0 Å². The number of thiophene rings is 1. The number of thioether (sulfide) groups is 1. The van der Waals surface area contributed by atoms with Gasteiger partial charge in [-0.3, -0.25) is 0 Å². The summed E-state index contributed by atoms with van der Waals surface area (Å²) in [5.41, 5.74) is 3.74. The Morgan fingerprint density at radius 3 is 3.00 bits per heavy atom. The van der Waals surface area contributed by atoms with Crippen LogP contribution in [-0.2, 0) is 0 Å². The molecule has 0 amide bonds. The minimum absolute atomic E-state index is 0.309. The highest BCUT2D eigenvalue weighted by atomic mass is 32.2. The Labute approximate surface area is 154 Å². The van der Waals surface area contributed by atoms with Crippen molar-refractivity contribution in [2.75, 3.05) is 11.1 Å². The fourth-order valence-electron chi connectivity index (χ4n) is 2.61. The molecule has 3 heterocycles. The molecule has 126 valence electrons. The maximum absolute atomic E-state index is 6.23. The van der Waals surface area contributed by atoms with E-state index in [1.54, 1.807) is 11.3 Å². The molecule has 0 saturated heterocycles. The Morgan fingerprint density at radius 2 is 2.20 bits per heavy atom. The van der Waals surface area contributed by atoms with Gasteiger partial charge in [0.1, 0.15) is 0 Å². The van der Waals surface area contributed by atoms with Crippen LogP contribution in [0.4, 0.5) is 5.69 Å². The van der Waals surface area contributed by atoms with Crippen LogP contribution in [-0.4, -0.2) is 20.9 Å². The number of nitrogens with one attached hydrogen (secondary N) is 1. The topological polar surface area (TPSA) is 59.9 Å². The van der Waals surface area contributed by atoms with E-state index in [0.717, 1.165) is 21.9 Å². The van der Waals surface area contributed by atoms with E-state index in [0.29, 0.717) is 16.7 Å². The lowest BCUT2D eigenvalue weighted by molar-refractivity contribution is 0.228. The summed E-state index contributed by atoms with van der Waals surface area (Å²) in [6.45, 7) is 5.81. The number of fused-ring (bicyclic) bond motifs is 3. The molecule has 0 fully saturated rings. The molecule has 1 aromatic carbocycles. The summed E-state index contributed by atoms with van der Waals surface area (Å²) in [4.78, 5) is 5.71. The first-order chi connectivity index (χ1) is 12.3. The van der Waals surface area contributed by atoms with Gasteiger partial charge in [-0.15, -0.1) is 28.1 Å². The maximum Gasteiger partial charge on any atom is 0.247 e. The maximum atomic E-state index is 6.23. The van der Waals surface area contributed by atoms with Gasteiger partial charge < -0.3 is 10.1 Å². The smallest absolute Gasteiger partial charge is 0.247 e. The average Bonchev–Trinajstić information content (AvgIpc) is 2.98. The second kappa shape index (κ2) is 6.85. The molecule has 1 aliphatic rings. The first-order valence-corrected chi connectivity index (χ1v) is 9.68. The van der Waals surface area contributed by atoms with Crippen LogP contribution in [0.5, 0.6) is 5.88 Å². The van der Waals surface area contributed by atoms with Crippen molar-refractivity contribution in [3.8, 4) is 17.1 Å². The normalized spacial score (nSPS) is 15.3. The summed E-state index contributed by atoms with van der Waals surface area (Å²) in [6, 6.07) is 10.1. The summed E-state index contributed by atoms with van der Waals surface area (Å²) < 4.78 is 6.23. The first kappa shape index (κ1) is 16.1. The highest BCUT2D eigenvalue weighted by Gasteiger charge is 2.27. The van der Waals surface area contributed by atoms with Crippen molar-refractivity contribution >= 4 is 28.8 Å². The van der Waals surface area contributed by atoms with Gasteiger partial charge in [0.2, 0.25) is 17.3 Å². The lowest BCUT2D eigenvalue weighted by atomic mass is 10.1. The Hall–Kier alpha value is -2.38. The van der Waals surface area contributed by atoms with Crippen LogP contribution in [0.25, 0.3) is 11.3 Å². The van der Waals surface area contributed by atoms with Crippen LogP contribution < -0.4 is 10.1 Å². The number of aryl methyl sites for hydroxylation is 1. The minimum atomic E-state index is -0.309. The van der Waals surface area contributed by atoms with E-state index in [9.17, 15) is 0 Å². The molecule has 7 heteroatoms. The molecule has 0 aliphatic carbocycles. The van der Waals surface area contributed by atoms with Crippen molar-refractivity contribution in [2.45, 2.75) is 18.3 Å². The molecular weight excluding hydrogens is 352 g/mol. The second-order valence-electron chi connectivity index (χ2n) is 5.50. The van der Waals surface area contributed by atoms with E-state index in [1.807, 2.05) is 30.3 Å². The predicted octanol–water partition coefficient (Wildman–Crippen LogP) is 4.69. The summed E-state index contributed by atoms with van der Waals surface area (Å²) in [7, 11) is 0. The third-order valence-electron chi connectivity index (χ3n) is 3.80. The summed E-state index contributed by atoms with van der Waals surface area (Å²) >= 11 is 3.15. The summed E-state index contributed by atoms with van der Waals surface area (Å²) in [5, 5.41) is 14.7. The van der Waals surface area contributed by atoms with E-state index in [2.05, 4.69) is 45.4 Å². The van der Waals surface area contributed by atoms with Gasteiger partial charge in [-0.25, -0.2) is 0 Å². The van der Waals surface area contributed by atoms with E-state index < -0.39 is 0 Å². The number of hydrogen-bond donors (Lipinski definition) is 1. The number of benzene rings is 1. The Kier molecular flexibility index (Phi) is 4.42. The number of aromatic nitrogens is 3. The van der Waals surface area contributed by atoms with Crippen molar-refractivity contribution in [1.29, 1.82) is 0 Å². The number of para-hydroxylation sites is 1. The Morgan fingerprint density at radius 1 is 1.32 bits per heavy atom. The van der Waals surface area contributed by atoms with Crippen LogP contribution >= 0.6 is 23.1 Å². The molecule has 0 spiro atoms. The molecule has 2 aromatic heterocycles. The number of ether oxygens (including phenoxy) is 1. The molecule has 0 bridgehead atoms. The summed E-state index contributed by atoms with van der Waals surface area (Å²) in [5.74, 6) is 1.22. The van der Waals surface area contributed by atoms with Crippen LogP contribution in [0, 0.1) is 6.92 Å². The van der Waals surface area contributed by atoms with Gasteiger partial charge in [-0.1, -0.05) is 36.0 Å². The minimum Gasteiger partial charge on any atom is -0.447 e. The Balaban J connectivity index is 1.82. The van der Waals surface area contributed by atoms with Gasteiger partial charge in [0.05, 0.1) is 4.88 Å². The second-order valence-corrected chi connectivity index (χ2v) is 7.44. The zero-order chi connectivity index (χ0) is 17.2. The molecule has 1 atom stereocenters. The van der Waals surface area contributed by atoms with E-state index in [-0.39, 0.29) is 6.23 Å². The quantitative estimate of drug-likeness (QED) is 0.532. The van der Waals surface area contributed by atoms with Crippen molar-refractivity contribution in [3.05, 3.63) is 58.8 Å². The molecule has 25 heavy (non-hydrogen) atoms. The molecule has 0 radical (unpaired) electrons. The molecule has 0 saturated carbocycles. The standard InChI is InChI=1S/C18H16N4OS2/c1-3-9-25-18-20-16-14(21-22-18)12-6-4-5-7-13(12)19-17(23-16)15-11(2)8-10-24-15/h3-8,10,17,19H,1,9H2,2H3. The third kappa shape index (κ3) is 3.12. The van der Waals surface area contributed by atoms with E-state index >= 15 is 0 Å². The first-order valence-electron chi connectivity index (χ1n) is 7.81. The lowest BCUT2D eigenvalue weighted by Crippen LogP contribution is -2.16. The van der Waals surface area contributed by atoms with E-state index in [4.69, 9.17) is 4.74 Å². The largest absolute Gasteiger partial charge is 0.447 e. The predicted molar refractivity (Wildman–Crippen MR) is 102 cm³/mol. The van der Waals surface area contributed by atoms with Crippen molar-refractivity contribution in [3.63, 3.8) is 0 Å². The molecule has 5 nitrogen and oxygen atoms in total. The number of anilines is 1. The Bertz CT molecular complexity index is 925. The molecule has 1 unspecified atom stereocenters. The number of hydrogen-bond acceptors (Lipinski definition) is 7. The average molecular weight is 368 g/mol. The van der Waals surface area contributed by atoms with Gasteiger partial charge >= 0.3 is 0 Å². The number of rotatable bonds is 4. The number of nitrogens with zero attached hydrogens (tertiary/aromatic N) is 3. The fourth-order valence-corrected chi connectivity index (χ4v) is 4.03. The van der Waals surface area contributed by atoms with Crippen LogP contribution in [0.3, 0.4) is 0 Å². The lowest BCUT2D eigenvalue weighted by Gasteiger charge is -2.18. The fraction of sp³-hybridized carbons (Fsp3) is 0.167. The van der Waals surface area contributed by atoms with Crippen molar-refractivity contribution in [1.82, 2.24) is 15.2 Å². The monoisotopic (exact) mass is 368 g/mol. The highest BCUT2D eigenvalue weighted by molar-refractivity contribution is 7.99. The van der Waals surface area contributed by atoms with Gasteiger partial charge in [-0.05, 0) is 30.0 Å². The van der Waals surface area contributed by atoms with Crippen LogP contribution in [0.15, 0.2) is 53.5 Å². The zero-order valence-electron chi connectivity index (χ0n) is 13.6. The molecule has 4 rings (SSSR count). The molecule has 3 aromatic rings. The van der Waals surface area contributed by atoms with Gasteiger partial charge in [0.15, 0.2) is 5.69 Å². The van der Waals surface area contributed by atoms with Crippen molar-refractivity contribution < 1.29 is 4.74 Å². The van der Waals surface area contributed by atoms with Gasteiger partial charge in [0, 0.05) is 17.0 Å². The van der Waals surface area contributed by atoms with E-state index in [1.165, 1.54) is 17.3 Å². The third-order valence-corrected chi connectivity index (χ3v) is 5.70. The van der Waals surface area contributed by atoms with Gasteiger partial charge in [-0.2, -0.15) is 4.98 Å². The van der Waals surface area contributed by atoms with Crippen molar-refractivity contribution in [2.24, 2.45) is 0 Å². The van der Waals surface area contributed by atoms with Crippen LogP contribution in [0.1, 0.15) is 16.7 Å². The molecular formula is C18H16N4OS2. The SMILES string of the molecule is C=CCSc1nnc2c(n1)OC(c1sccc1C)Nc1ccccc1-2. The molecule has 1 aliphatic heterocycles. The summed E-state index contributed by atoms with van der Waals surface area (Å²) in [6.07, 6.45) is 1.51.